The number of aryl methyl sites for hydroxylation is 1. The summed E-state index contributed by atoms with van der Waals surface area (Å²) in [6, 6.07) is 13.2. The molecule has 7 nitrogen and oxygen atoms in total. The van der Waals surface area contributed by atoms with Gasteiger partial charge in [0.05, 0.1) is 25.4 Å². The lowest BCUT2D eigenvalue weighted by Crippen LogP contribution is -2.34. The van der Waals surface area contributed by atoms with Crippen LogP contribution < -0.4 is 9.64 Å². The van der Waals surface area contributed by atoms with Crippen LogP contribution in [0.4, 0.5) is 5.82 Å². The van der Waals surface area contributed by atoms with Crippen LogP contribution in [0, 0.1) is 6.92 Å². The van der Waals surface area contributed by atoms with Crippen molar-refractivity contribution in [3.8, 4) is 5.75 Å². The first-order valence-electron chi connectivity index (χ1n) is 11.6. The van der Waals surface area contributed by atoms with Crippen molar-refractivity contribution in [3.05, 3.63) is 77.0 Å². The second-order valence-electron chi connectivity index (χ2n) is 8.70. The lowest BCUT2D eigenvalue weighted by Gasteiger charge is -2.32. The van der Waals surface area contributed by atoms with Gasteiger partial charge in [0, 0.05) is 36.1 Å². The molecule has 1 aromatic carbocycles. The average Bonchev–Trinajstić information content (AvgIpc) is 3.35. The molecule has 2 aliphatic heterocycles. The number of benzene rings is 1. The monoisotopic (exact) mass is 443 g/mol. The van der Waals surface area contributed by atoms with Crippen molar-refractivity contribution < 1.29 is 9.53 Å². The number of carbonyl (C=O) groups excluding carboxylic acids is 1. The summed E-state index contributed by atoms with van der Waals surface area (Å²) < 4.78 is 5.31. The SMILES string of the molecule is COc1cccc(C(=O)N2CCC[C@@H]2c2nc(C)c3c(n2)N(Cc2ccccn2)CCC3)c1. The van der Waals surface area contributed by atoms with Gasteiger partial charge in [0.1, 0.15) is 11.6 Å². The molecule has 1 amide bonds. The molecule has 0 aliphatic carbocycles. The number of aromatic nitrogens is 3. The second-order valence-corrected chi connectivity index (χ2v) is 8.70. The van der Waals surface area contributed by atoms with Crippen molar-refractivity contribution in [2.75, 3.05) is 25.1 Å². The molecule has 0 unspecified atom stereocenters. The minimum Gasteiger partial charge on any atom is -0.497 e. The van der Waals surface area contributed by atoms with Crippen molar-refractivity contribution in [3.63, 3.8) is 0 Å². The zero-order valence-electron chi connectivity index (χ0n) is 19.2. The van der Waals surface area contributed by atoms with Gasteiger partial charge in [-0.05, 0) is 62.9 Å². The van der Waals surface area contributed by atoms with Crippen LogP contribution in [0.1, 0.15) is 58.4 Å². The number of hydrogen-bond acceptors (Lipinski definition) is 6. The van der Waals surface area contributed by atoms with Crippen molar-refractivity contribution in [2.45, 2.75) is 45.2 Å². The van der Waals surface area contributed by atoms with E-state index in [0.717, 1.165) is 61.8 Å². The molecule has 0 N–H and O–H groups in total. The lowest BCUT2D eigenvalue weighted by atomic mass is 10.0. The molecule has 5 rings (SSSR count). The van der Waals surface area contributed by atoms with Crippen LogP contribution in [-0.2, 0) is 13.0 Å². The largest absolute Gasteiger partial charge is 0.497 e. The molecule has 2 aromatic heterocycles. The van der Waals surface area contributed by atoms with E-state index in [2.05, 4.69) is 22.9 Å². The lowest BCUT2D eigenvalue weighted by molar-refractivity contribution is 0.0729. The van der Waals surface area contributed by atoms with E-state index in [9.17, 15) is 4.79 Å². The molecule has 1 atom stereocenters. The van der Waals surface area contributed by atoms with E-state index >= 15 is 0 Å². The maximum absolute atomic E-state index is 13.4. The molecule has 7 heteroatoms. The van der Waals surface area contributed by atoms with Gasteiger partial charge in [-0.15, -0.1) is 0 Å². The zero-order valence-corrected chi connectivity index (χ0v) is 19.2. The fraction of sp³-hybridized carbons (Fsp3) is 0.385. The fourth-order valence-electron chi connectivity index (χ4n) is 4.90. The summed E-state index contributed by atoms with van der Waals surface area (Å²) >= 11 is 0. The van der Waals surface area contributed by atoms with Gasteiger partial charge < -0.3 is 14.5 Å². The first-order chi connectivity index (χ1) is 16.1. The summed E-state index contributed by atoms with van der Waals surface area (Å²) in [7, 11) is 1.61. The van der Waals surface area contributed by atoms with Crippen LogP contribution in [-0.4, -0.2) is 46.0 Å². The van der Waals surface area contributed by atoms with Crippen LogP contribution in [0.25, 0.3) is 0 Å². The van der Waals surface area contributed by atoms with E-state index in [1.807, 2.05) is 41.4 Å². The van der Waals surface area contributed by atoms with Gasteiger partial charge in [-0.1, -0.05) is 12.1 Å². The molecule has 170 valence electrons. The molecule has 2 aliphatic rings. The molecule has 0 spiro atoms. The van der Waals surface area contributed by atoms with Gasteiger partial charge in [-0.25, -0.2) is 9.97 Å². The van der Waals surface area contributed by atoms with Crippen LogP contribution in [0.5, 0.6) is 5.75 Å². The van der Waals surface area contributed by atoms with Gasteiger partial charge in [0.25, 0.3) is 5.91 Å². The number of anilines is 1. The van der Waals surface area contributed by atoms with Crippen LogP contribution in [0.15, 0.2) is 48.7 Å². The van der Waals surface area contributed by atoms with E-state index in [-0.39, 0.29) is 11.9 Å². The predicted octanol–water partition coefficient (Wildman–Crippen LogP) is 4.12. The number of ether oxygens (including phenoxy) is 1. The Bertz CT molecular complexity index is 1150. The smallest absolute Gasteiger partial charge is 0.254 e. The molecule has 4 heterocycles. The number of likely N-dealkylation sites (tertiary alicyclic amines) is 1. The van der Waals surface area contributed by atoms with E-state index in [1.54, 1.807) is 13.2 Å². The molecule has 0 radical (unpaired) electrons. The maximum Gasteiger partial charge on any atom is 0.254 e. The van der Waals surface area contributed by atoms with E-state index in [4.69, 9.17) is 14.7 Å². The summed E-state index contributed by atoms with van der Waals surface area (Å²) in [5, 5.41) is 0. The molecule has 0 saturated carbocycles. The van der Waals surface area contributed by atoms with E-state index in [0.29, 0.717) is 17.9 Å². The topological polar surface area (TPSA) is 71.5 Å². The number of rotatable bonds is 5. The Labute approximate surface area is 194 Å². The highest BCUT2D eigenvalue weighted by Crippen LogP contribution is 2.35. The summed E-state index contributed by atoms with van der Waals surface area (Å²) in [5.41, 5.74) is 3.89. The van der Waals surface area contributed by atoms with E-state index in [1.165, 1.54) is 5.56 Å². The van der Waals surface area contributed by atoms with Gasteiger partial charge in [-0.3, -0.25) is 9.78 Å². The van der Waals surface area contributed by atoms with Gasteiger partial charge in [0.2, 0.25) is 0 Å². The normalized spacial score (nSPS) is 17.7. The minimum atomic E-state index is -0.119. The Morgan fingerprint density at radius 2 is 2.03 bits per heavy atom. The Hall–Kier alpha value is -3.48. The van der Waals surface area contributed by atoms with Crippen molar-refractivity contribution in [1.29, 1.82) is 0 Å². The second kappa shape index (κ2) is 9.17. The van der Waals surface area contributed by atoms with Crippen molar-refractivity contribution in [2.24, 2.45) is 0 Å². The Kier molecular flexibility index (Phi) is 5.94. The number of nitrogens with zero attached hydrogens (tertiary/aromatic N) is 5. The quantitative estimate of drug-likeness (QED) is 0.591. The van der Waals surface area contributed by atoms with Crippen LogP contribution >= 0.6 is 0 Å². The summed E-state index contributed by atoms with van der Waals surface area (Å²) in [6.45, 7) is 4.44. The third-order valence-corrected chi connectivity index (χ3v) is 6.57. The molecule has 33 heavy (non-hydrogen) atoms. The highest BCUT2D eigenvalue weighted by Gasteiger charge is 2.34. The molecule has 1 fully saturated rings. The van der Waals surface area contributed by atoms with Crippen LogP contribution in [0.3, 0.4) is 0 Å². The highest BCUT2D eigenvalue weighted by molar-refractivity contribution is 5.95. The van der Waals surface area contributed by atoms with Gasteiger partial charge in [-0.2, -0.15) is 0 Å². The van der Waals surface area contributed by atoms with Crippen molar-refractivity contribution in [1.82, 2.24) is 19.9 Å². The highest BCUT2D eigenvalue weighted by atomic mass is 16.5. The number of pyridine rings is 1. The minimum absolute atomic E-state index is 0.000662. The molecule has 0 bridgehead atoms. The number of fused-ring (bicyclic) bond motifs is 1. The predicted molar refractivity (Wildman–Crippen MR) is 126 cm³/mol. The molecule has 1 saturated heterocycles. The van der Waals surface area contributed by atoms with Crippen LogP contribution in [0.2, 0.25) is 0 Å². The maximum atomic E-state index is 13.4. The molecular formula is C26H29N5O2. The number of carbonyl (C=O) groups is 1. The Morgan fingerprint density at radius 1 is 1.12 bits per heavy atom. The molecular weight excluding hydrogens is 414 g/mol. The number of hydrogen-bond donors (Lipinski definition) is 0. The number of amides is 1. The van der Waals surface area contributed by atoms with Gasteiger partial charge >= 0.3 is 0 Å². The third kappa shape index (κ3) is 4.27. The molecule has 3 aromatic rings. The zero-order chi connectivity index (χ0) is 22.8. The Morgan fingerprint density at radius 3 is 2.85 bits per heavy atom. The first-order valence-corrected chi connectivity index (χ1v) is 11.6. The fourth-order valence-corrected chi connectivity index (χ4v) is 4.90. The number of methoxy groups -OCH3 is 1. The summed E-state index contributed by atoms with van der Waals surface area (Å²) in [4.78, 5) is 32.1. The first kappa shape index (κ1) is 21.4. The summed E-state index contributed by atoms with van der Waals surface area (Å²) in [5.74, 6) is 2.42. The Balaban J connectivity index is 1.46. The summed E-state index contributed by atoms with van der Waals surface area (Å²) in [6.07, 6.45) is 5.70. The van der Waals surface area contributed by atoms with Gasteiger partial charge in [0.15, 0.2) is 5.82 Å². The van der Waals surface area contributed by atoms with Crippen molar-refractivity contribution >= 4 is 11.7 Å². The third-order valence-electron chi connectivity index (χ3n) is 6.57. The average molecular weight is 444 g/mol. The van der Waals surface area contributed by atoms with E-state index < -0.39 is 0 Å². The standard InChI is InChI=1S/C26H29N5O2/c1-18-22-11-6-14-30(17-20-9-3-4-13-27-20)25(22)29-24(28-18)23-12-7-15-31(23)26(32)19-8-5-10-21(16-19)33-2/h3-5,8-10,13,16,23H,6-7,11-12,14-15,17H2,1-2H3/t23-/m1/s1.